The van der Waals surface area contributed by atoms with E-state index in [4.69, 9.17) is 14.2 Å². The molecule has 9 nitrogen and oxygen atoms in total. The molecule has 0 N–H and O–H groups in total. The van der Waals surface area contributed by atoms with Gasteiger partial charge < -0.3 is 19.1 Å². The molecule has 0 amide bonds. The van der Waals surface area contributed by atoms with Crippen LogP contribution in [0.15, 0.2) is 46.6 Å². The Balaban J connectivity index is 1.99. The molecule has 3 rings (SSSR count). The summed E-state index contributed by atoms with van der Waals surface area (Å²) in [5.74, 6) is 0.861. The molecule has 1 aliphatic rings. The van der Waals surface area contributed by atoms with Gasteiger partial charge in [-0.3, -0.25) is 10.1 Å². The topological polar surface area (TPSA) is 98.8 Å². The zero-order chi connectivity index (χ0) is 19.2. The Hall–Kier alpha value is -3.20. The van der Waals surface area contributed by atoms with Crippen molar-refractivity contribution in [1.29, 1.82) is 0 Å². The maximum absolute atomic E-state index is 11.0. The van der Waals surface area contributed by atoms with Gasteiger partial charge in [0, 0.05) is 31.9 Å². The normalized spacial score (nSPS) is 14.3. The molecule has 27 heavy (non-hydrogen) atoms. The minimum Gasteiger partial charge on any atom is -0.489 e. The van der Waals surface area contributed by atoms with E-state index < -0.39 is 4.92 Å². The van der Waals surface area contributed by atoms with Gasteiger partial charge in [-0.25, -0.2) is 0 Å². The second kappa shape index (κ2) is 8.45. The lowest BCUT2D eigenvalue weighted by atomic mass is 10.2. The fourth-order valence-electron chi connectivity index (χ4n) is 2.42. The lowest BCUT2D eigenvalue weighted by Crippen LogP contribution is -2.12. The van der Waals surface area contributed by atoms with Crippen molar-refractivity contribution in [3.05, 3.63) is 46.5 Å². The second-order valence-electron chi connectivity index (χ2n) is 5.96. The molecule has 0 atom stereocenters. The number of azo groups is 1. The van der Waals surface area contributed by atoms with Gasteiger partial charge >= 0.3 is 0 Å². The average Bonchev–Trinajstić information content (AvgIpc) is 2.67. The smallest absolute Gasteiger partial charge is 0.273 e. The van der Waals surface area contributed by atoms with Crippen molar-refractivity contribution in [2.75, 3.05) is 45.4 Å². The minimum atomic E-state index is -0.482. The standard InChI is InChI=1S/C18H20N4O5/c1-21(2)13-3-5-15-17(11-13)26-9-7-25-8-10-27-18-12-14(22(23)24)4-6-16(18)20-19-15/h3-6,11-12H,7-10H2,1-2H3. The Labute approximate surface area is 156 Å². The Kier molecular flexibility index (Phi) is 5.82. The van der Waals surface area contributed by atoms with E-state index in [-0.39, 0.29) is 18.0 Å². The van der Waals surface area contributed by atoms with Gasteiger partial charge in [0.2, 0.25) is 0 Å². The van der Waals surface area contributed by atoms with Crippen LogP contribution in [0.4, 0.5) is 22.7 Å². The molecule has 0 saturated heterocycles. The molecule has 142 valence electrons. The third-order valence-electron chi connectivity index (χ3n) is 3.85. The Bertz CT molecular complexity index is 854. The predicted molar refractivity (Wildman–Crippen MR) is 99.9 cm³/mol. The van der Waals surface area contributed by atoms with Gasteiger partial charge in [-0.15, -0.1) is 10.2 Å². The van der Waals surface area contributed by atoms with Crippen LogP contribution in [0.5, 0.6) is 11.5 Å². The molecule has 1 heterocycles. The van der Waals surface area contributed by atoms with Gasteiger partial charge in [-0.1, -0.05) is 0 Å². The number of benzene rings is 2. The third-order valence-corrected chi connectivity index (χ3v) is 3.85. The van der Waals surface area contributed by atoms with E-state index in [2.05, 4.69) is 10.2 Å². The molecule has 0 aromatic heterocycles. The highest BCUT2D eigenvalue weighted by Gasteiger charge is 2.13. The molecule has 0 aliphatic carbocycles. The van der Waals surface area contributed by atoms with Crippen LogP contribution < -0.4 is 14.4 Å². The summed E-state index contributed by atoms with van der Waals surface area (Å²) in [4.78, 5) is 12.5. The summed E-state index contributed by atoms with van der Waals surface area (Å²) >= 11 is 0. The van der Waals surface area contributed by atoms with Crippen molar-refractivity contribution in [2.45, 2.75) is 0 Å². The second-order valence-corrected chi connectivity index (χ2v) is 5.96. The highest BCUT2D eigenvalue weighted by Crippen LogP contribution is 2.36. The van der Waals surface area contributed by atoms with Crippen LogP contribution in [0.25, 0.3) is 0 Å². The number of anilines is 1. The van der Waals surface area contributed by atoms with Crippen molar-refractivity contribution in [3.8, 4) is 11.5 Å². The first-order valence-electron chi connectivity index (χ1n) is 8.39. The van der Waals surface area contributed by atoms with E-state index in [0.717, 1.165) is 5.69 Å². The summed E-state index contributed by atoms with van der Waals surface area (Å²) in [6.07, 6.45) is 0. The molecule has 9 heteroatoms. The molecular formula is C18H20N4O5. The van der Waals surface area contributed by atoms with Gasteiger partial charge in [-0.2, -0.15) is 0 Å². The third kappa shape index (κ3) is 4.70. The quantitative estimate of drug-likeness (QED) is 0.586. The first-order chi connectivity index (χ1) is 13.0. The maximum atomic E-state index is 11.0. The molecule has 0 fully saturated rings. The van der Waals surface area contributed by atoms with Crippen LogP contribution in [0.2, 0.25) is 0 Å². The number of hydrogen-bond acceptors (Lipinski definition) is 8. The zero-order valence-corrected chi connectivity index (χ0v) is 15.1. The van der Waals surface area contributed by atoms with Crippen molar-refractivity contribution in [3.63, 3.8) is 0 Å². The van der Waals surface area contributed by atoms with Gasteiger partial charge in [0.1, 0.15) is 30.3 Å². The van der Waals surface area contributed by atoms with Crippen LogP contribution in [0.3, 0.4) is 0 Å². The van der Waals surface area contributed by atoms with Crippen molar-refractivity contribution in [1.82, 2.24) is 0 Å². The van der Waals surface area contributed by atoms with Crippen LogP contribution in [-0.2, 0) is 4.74 Å². The lowest BCUT2D eigenvalue weighted by Gasteiger charge is -2.15. The molecule has 0 spiro atoms. The number of ether oxygens (including phenoxy) is 3. The van der Waals surface area contributed by atoms with Crippen LogP contribution in [0.1, 0.15) is 0 Å². The Morgan fingerprint density at radius 2 is 1.52 bits per heavy atom. The number of non-ortho nitro benzene ring substituents is 1. The Morgan fingerprint density at radius 1 is 0.926 bits per heavy atom. The van der Waals surface area contributed by atoms with E-state index in [1.54, 1.807) is 6.07 Å². The van der Waals surface area contributed by atoms with Crippen molar-refractivity contribution in [2.24, 2.45) is 10.2 Å². The molecule has 2 aromatic rings. The molecule has 0 radical (unpaired) electrons. The summed E-state index contributed by atoms with van der Waals surface area (Å²) in [5.41, 5.74) is 1.83. The number of rotatable bonds is 2. The highest BCUT2D eigenvalue weighted by atomic mass is 16.6. The average molecular weight is 372 g/mol. The van der Waals surface area contributed by atoms with Gasteiger partial charge in [0.15, 0.2) is 5.75 Å². The summed E-state index contributed by atoms with van der Waals surface area (Å²) in [6, 6.07) is 9.79. The molecule has 2 aromatic carbocycles. The van der Waals surface area contributed by atoms with Crippen molar-refractivity contribution >= 4 is 22.7 Å². The summed E-state index contributed by atoms with van der Waals surface area (Å²) in [5, 5.41) is 19.5. The molecule has 0 bridgehead atoms. The van der Waals surface area contributed by atoms with Crippen LogP contribution in [0, 0.1) is 10.1 Å². The van der Waals surface area contributed by atoms with E-state index in [1.807, 2.05) is 31.1 Å². The van der Waals surface area contributed by atoms with E-state index in [1.165, 1.54) is 18.2 Å². The summed E-state index contributed by atoms with van der Waals surface area (Å²) in [6.45, 7) is 1.31. The first kappa shape index (κ1) is 18.6. The first-order valence-corrected chi connectivity index (χ1v) is 8.39. The number of nitrogens with zero attached hydrogens (tertiary/aromatic N) is 4. The SMILES string of the molecule is CN(C)c1ccc2c(c1)OCCOCCOc1cc([N+](=O)[O-])ccc1N=N2. The van der Waals surface area contributed by atoms with E-state index >= 15 is 0 Å². The number of nitro benzene ring substituents is 1. The molecule has 1 aliphatic heterocycles. The summed E-state index contributed by atoms with van der Waals surface area (Å²) < 4.78 is 16.9. The van der Waals surface area contributed by atoms with Gasteiger partial charge in [-0.05, 0) is 18.2 Å². The zero-order valence-electron chi connectivity index (χ0n) is 15.1. The van der Waals surface area contributed by atoms with Gasteiger partial charge in [0.25, 0.3) is 5.69 Å². The monoisotopic (exact) mass is 372 g/mol. The fraction of sp³-hybridized carbons (Fsp3) is 0.333. The Morgan fingerprint density at radius 3 is 2.11 bits per heavy atom. The van der Waals surface area contributed by atoms with Crippen LogP contribution in [-0.4, -0.2) is 45.4 Å². The maximum Gasteiger partial charge on any atom is 0.273 e. The largest absolute Gasteiger partial charge is 0.489 e. The summed E-state index contributed by atoms with van der Waals surface area (Å²) in [7, 11) is 3.87. The predicted octanol–water partition coefficient (Wildman–Crippen LogP) is 3.86. The van der Waals surface area contributed by atoms with Crippen LogP contribution >= 0.6 is 0 Å². The van der Waals surface area contributed by atoms with Crippen molar-refractivity contribution < 1.29 is 19.1 Å². The van der Waals surface area contributed by atoms with E-state index in [0.29, 0.717) is 36.9 Å². The molecule has 0 saturated carbocycles. The number of hydrogen-bond donors (Lipinski definition) is 0. The van der Waals surface area contributed by atoms with Gasteiger partial charge in [0.05, 0.1) is 24.2 Å². The lowest BCUT2D eigenvalue weighted by molar-refractivity contribution is -0.384. The highest BCUT2D eigenvalue weighted by molar-refractivity contribution is 5.62. The molecular weight excluding hydrogens is 352 g/mol. The minimum absolute atomic E-state index is 0.0754. The number of fused-ring (bicyclic) bond motifs is 2. The molecule has 0 unspecified atom stereocenters. The number of nitro groups is 1. The van der Waals surface area contributed by atoms with E-state index in [9.17, 15) is 10.1 Å². The fourth-order valence-corrected chi connectivity index (χ4v) is 2.42.